The highest BCUT2D eigenvalue weighted by Gasteiger charge is 2.27. The molecule has 6 heteroatoms. The summed E-state index contributed by atoms with van der Waals surface area (Å²) in [6.45, 7) is 6.71. The van der Waals surface area contributed by atoms with Crippen LogP contribution in [-0.2, 0) is 4.74 Å². The first-order valence-corrected chi connectivity index (χ1v) is 7.27. The average Bonchev–Trinajstić information content (AvgIpc) is 2.89. The molecule has 1 aliphatic heterocycles. The van der Waals surface area contributed by atoms with E-state index in [0.29, 0.717) is 18.8 Å². The van der Waals surface area contributed by atoms with Gasteiger partial charge < -0.3 is 19.9 Å². The first-order valence-electron chi connectivity index (χ1n) is 7.27. The zero-order chi connectivity index (χ0) is 15.5. The van der Waals surface area contributed by atoms with Gasteiger partial charge in [-0.25, -0.2) is 4.79 Å². The molecular formula is C15H23N3O3. The van der Waals surface area contributed by atoms with Crippen LogP contribution in [0.3, 0.4) is 0 Å². The Kier molecular flexibility index (Phi) is 4.55. The van der Waals surface area contributed by atoms with E-state index >= 15 is 0 Å². The van der Waals surface area contributed by atoms with Crippen molar-refractivity contribution in [3.8, 4) is 0 Å². The van der Waals surface area contributed by atoms with Crippen molar-refractivity contribution < 1.29 is 14.3 Å². The number of rotatable bonds is 2. The van der Waals surface area contributed by atoms with Crippen molar-refractivity contribution >= 4 is 12.0 Å². The highest BCUT2D eigenvalue weighted by molar-refractivity contribution is 5.92. The van der Waals surface area contributed by atoms with Gasteiger partial charge in [0.15, 0.2) is 0 Å². The Balaban J connectivity index is 1.89. The standard InChI is InChI=1S/C15H23N3O3/c1-15(2,3)21-14(20)17-11-6-5-9-18(10-11)13(19)12-7-4-8-16-12/h4,7-8,11,16H,5-6,9-10H2,1-3H3,(H,17,20)/t11-/m0/s1. The molecule has 1 aromatic rings. The van der Waals surface area contributed by atoms with Crippen LogP contribution >= 0.6 is 0 Å². The van der Waals surface area contributed by atoms with Crippen molar-refractivity contribution in [1.82, 2.24) is 15.2 Å². The predicted octanol–water partition coefficient (Wildman–Crippen LogP) is 2.14. The molecule has 116 valence electrons. The molecule has 1 aromatic heterocycles. The van der Waals surface area contributed by atoms with Crippen molar-refractivity contribution in [3.63, 3.8) is 0 Å². The minimum Gasteiger partial charge on any atom is -0.444 e. The number of alkyl carbamates (subject to hydrolysis) is 1. The molecule has 1 aliphatic rings. The number of aromatic amines is 1. The molecule has 0 aromatic carbocycles. The van der Waals surface area contributed by atoms with Crippen LogP contribution in [0.2, 0.25) is 0 Å². The second-order valence-corrected chi connectivity index (χ2v) is 6.32. The number of hydrogen-bond donors (Lipinski definition) is 2. The van der Waals surface area contributed by atoms with Gasteiger partial charge in [-0.2, -0.15) is 0 Å². The van der Waals surface area contributed by atoms with E-state index in [1.165, 1.54) is 0 Å². The Morgan fingerprint density at radius 1 is 1.43 bits per heavy atom. The molecule has 1 saturated heterocycles. The second kappa shape index (κ2) is 6.20. The molecule has 0 spiro atoms. The summed E-state index contributed by atoms with van der Waals surface area (Å²) < 4.78 is 5.25. The van der Waals surface area contributed by atoms with Crippen LogP contribution in [0.25, 0.3) is 0 Å². The topological polar surface area (TPSA) is 74.4 Å². The first kappa shape index (κ1) is 15.4. The Morgan fingerprint density at radius 3 is 2.81 bits per heavy atom. The third-order valence-electron chi connectivity index (χ3n) is 3.26. The van der Waals surface area contributed by atoms with Crippen molar-refractivity contribution in [2.24, 2.45) is 0 Å². The van der Waals surface area contributed by atoms with Crippen LogP contribution in [0.1, 0.15) is 44.1 Å². The van der Waals surface area contributed by atoms with E-state index in [9.17, 15) is 9.59 Å². The van der Waals surface area contributed by atoms with E-state index in [4.69, 9.17) is 4.74 Å². The maximum absolute atomic E-state index is 12.3. The third-order valence-corrected chi connectivity index (χ3v) is 3.26. The number of ether oxygens (including phenoxy) is 1. The Bertz CT molecular complexity index is 491. The van der Waals surface area contributed by atoms with E-state index in [1.807, 2.05) is 20.8 Å². The lowest BCUT2D eigenvalue weighted by Crippen LogP contribution is -2.50. The van der Waals surface area contributed by atoms with Crippen LogP contribution < -0.4 is 5.32 Å². The van der Waals surface area contributed by atoms with E-state index in [1.54, 1.807) is 23.2 Å². The zero-order valence-corrected chi connectivity index (χ0v) is 12.8. The first-order chi connectivity index (χ1) is 9.85. The highest BCUT2D eigenvalue weighted by atomic mass is 16.6. The van der Waals surface area contributed by atoms with Gasteiger partial charge >= 0.3 is 6.09 Å². The number of H-pyrrole nitrogens is 1. The van der Waals surface area contributed by atoms with Crippen molar-refractivity contribution in [2.75, 3.05) is 13.1 Å². The van der Waals surface area contributed by atoms with Gasteiger partial charge in [-0.05, 0) is 45.7 Å². The van der Waals surface area contributed by atoms with E-state index in [-0.39, 0.29) is 11.9 Å². The van der Waals surface area contributed by atoms with Crippen LogP contribution in [0.5, 0.6) is 0 Å². The number of nitrogens with zero attached hydrogens (tertiary/aromatic N) is 1. The molecule has 2 rings (SSSR count). The van der Waals surface area contributed by atoms with E-state index < -0.39 is 11.7 Å². The molecule has 0 bridgehead atoms. The summed E-state index contributed by atoms with van der Waals surface area (Å²) in [5.74, 6) is -0.0318. The fourth-order valence-electron chi connectivity index (χ4n) is 2.39. The monoisotopic (exact) mass is 293 g/mol. The van der Waals surface area contributed by atoms with Gasteiger partial charge in [0.2, 0.25) is 0 Å². The summed E-state index contributed by atoms with van der Waals surface area (Å²) in [7, 11) is 0. The fourth-order valence-corrected chi connectivity index (χ4v) is 2.39. The molecule has 1 atom stereocenters. The maximum Gasteiger partial charge on any atom is 0.407 e. The van der Waals surface area contributed by atoms with Gasteiger partial charge in [0.25, 0.3) is 5.91 Å². The van der Waals surface area contributed by atoms with Gasteiger partial charge in [0.05, 0.1) is 0 Å². The summed E-state index contributed by atoms with van der Waals surface area (Å²) in [5, 5.41) is 2.84. The van der Waals surface area contributed by atoms with Gasteiger partial charge in [0, 0.05) is 25.3 Å². The number of carbonyl (C=O) groups excluding carboxylic acids is 2. The molecule has 6 nitrogen and oxygen atoms in total. The molecule has 2 N–H and O–H groups in total. The minimum absolute atomic E-state index is 0.0318. The highest BCUT2D eigenvalue weighted by Crippen LogP contribution is 2.14. The smallest absolute Gasteiger partial charge is 0.407 e. The normalized spacial score (nSPS) is 19.2. The van der Waals surface area contributed by atoms with Crippen LogP contribution in [-0.4, -0.2) is 46.6 Å². The molecule has 0 aliphatic carbocycles. The summed E-state index contributed by atoms with van der Waals surface area (Å²) >= 11 is 0. The Labute approximate surface area is 124 Å². The second-order valence-electron chi connectivity index (χ2n) is 6.32. The predicted molar refractivity (Wildman–Crippen MR) is 79.1 cm³/mol. The Morgan fingerprint density at radius 2 is 2.19 bits per heavy atom. The fraction of sp³-hybridized carbons (Fsp3) is 0.600. The maximum atomic E-state index is 12.3. The number of hydrogen-bond acceptors (Lipinski definition) is 3. The molecule has 2 amide bonds. The quantitative estimate of drug-likeness (QED) is 0.877. The van der Waals surface area contributed by atoms with Crippen molar-refractivity contribution in [1.29, 1.82) is 0 Å². The number of amides is 2. The largest absolute Gasteiger partial charge is 0.444 e. The summed E-state index contributed by atoms with van der Waals surface area (Å²) in [4.78, 5) is 28.7. The Hall–Kier alpha value is -1.98. The van der Waals surface area contributed by atoms with Crippen LogP contribution in [0, 0.1) is 0 Å². The number of piperidine rings is 1. The van der Waals surface area contributed by atoms with Gasteiger partial charge in [-0.3, -0.25) is 4.79 Å². The van der Waals surface area contributed by atoms with Crippen molar-refractivity contribution in [2.45, 2.75) is 45.3 Å². The lowest BCUT2D eigenvalue weighted by Gasteiger charge is -2.33. The van der Waals surface area contributed by atoms with Crippen LogP contribution in [0.15, 0.2) is 18.3 Å². The summed E-state index contributed by atoms with van der Waals surface area (Å²) in [5.41, 5.74) is 0.0614. The lowest BCUT2D eigenvalue weighted by molar-refractivity contribution is 0.0451. The lowest BCUT2D eigenvalue weighted by atomic mass is 10.1. The van der Waals surface area contributed by atoms with Gasteiger partial charge in [-0.15, -0.1) is 0 Å². The third kappa shape index (κ3) is 4.51. The van der Waals surface area contributed by atoms with E-state index in [2.05, 4.69) is 10.3 Å². The SMILES string of the molecule is CC(C)(C)OC(=O)N[C@H]1CCCN(C(=O)c2ccc[nH]2)C1. The number of aromatic nitrogens is 1. The molecule has 21 heavy (non-hydrogen) atoms. The van der Waals surface area contributed by atoms with Gasteiger partial charge in [-0.1, -0.05) is 0 Å². The van der Waals surface area contributed by atoms with E-state index in [0.717, 1.165) is 12.8 Å². The van der Waals surface area contributed by atoms with Crippen LogP contribution in [0.4, 0.5) is 4.79 Å². The number of carbonyl (C=O) groups is 2. The summed E-state index contributed by atoms with van der Waals surface area (Å²) in [6.07, 6.45) is 3.02. The average molecular weight is 293 g/mol. The zero-order valence-electron chi connectivity index (χ0n) is 12.8. The molecule has 1 fully saturated rings. The molecular weight excluding hydrogens is 270 g/mol. The van der Waals surface area contributed by atoms with Gasteiger partial charge in [0.1, 0.15) is 11.3 Å². The molecule has 0 saturated carbocycles. The molecule has 0 radical (unpaired) electrons. The summed E-state index contributed by atoms with van der Waals surface area (Å²) in [6, 6.07) is 3.49. The minimum atomic E-state index is -0.515. The molecule has 2 heterocycles. The van der Waals surface area contributed by atoms with Crippen molar-refractivity contribution in [3.05, 3.63) is 24.0 Å². The number of nitrogens with one attached hydrogen (secondary N) is 2. The molecule has 0 unspecified atom stereocenters. The number of likely N-dealkylation sites (tertiary alicyclic amines) is 1.